The van der Waals surface area contributed by atoms with Gasteiger partial charge in [-0.2, -0.15) is 0 Å². The summed E-state index contributed by atoms with van der Waals surface area (Å²) < 4.78 is 23.9. The van der Waals surface area contributed by atoms with Crippen molar-refractivity contribution in [3.8, 4) is 11.5 Å². The second-order valence-corrected chi connectivity index (χ2v) is 6.97. The van der Waals surface area contributed by atoms with Crippen molar-refractivity contribution in [2.75, 3.05) is 32.6 Å². The predicted octanol–water partition coefficient (Wildman–Crippen LogP) is 2.85. The lowest BCUT2D eigenvalue weighted by atomic mass is 10.0. The van der Waals surface area contributed by atoms with Crippen LogP contribution in [-0.2, 0) is 4.79 Å². The highest BCUT2D eigenvalue weighted by molar-refractivity contribution is 6.33. The molecule has 1 heterocycles. The first-order chi connectivity index (χ1) is 13.0. The van der Waals surface area contributed by atoms with Gasteiger partial charge in [0, 0.05) is 18.9 Å². The molecule has 1 aliphatic heterocycles. The fourth-order valence-corrected chi connectivity index (χ4v) is 3.81. The lowest BCUT2D eigenvalue weighted by molar-refractivity contribution is -0.910. The number of likely N-dealkylation sites (tertiary alicyclic amines) is 1. The van der Waals surface area contributed by atoms with Crippen LogP contribution in [0.5, 0.6) is 11.5 Å². The van der Waals surface area contributed by atoms with Gasteiger partial charge in [-0.25, -0.2) is 4.39 Å². The summed E-state index contributed by atoms with van der Waals surface area (Å²) in [6.45, 7) is 1.19. The van der Waals surface area contributed by atoms with E-state index in [0.29, 0.717) is 12.2 Å². The summed E-state index contributed by atoms with van der Waals surface area (Å²) in [5.74, 6) is 0.910. The number of rotatable bonds is 6. The molecule has 0 radical (unpaired) electrons. The van der Waals surface area contributed by atoms with Crippen LogP contribution in [0.1, 0.15) is 24.4 Å². The van der Waals surface area contributed by atoms with E-state index in [9.17, 15) is 9.18 Å². The van der Waals surface area contributed by atoms with Crippen molar-refractivity contribution in [3.63, 3.8) is 0 Å². The lowest BCUT2D eigenvalue weighted by Gasteiger charge is -2.23. The number of amides is 1. The normalized spacial score (nSPS) is 19.0. The molecule has 5 nitrogen and oxygen atoms in total. The van der Waals surface area contributed by atoms with Crippen molar-refractivity contribution in [2.24, 2.45) is 0 Å². The summed E-state index contributed by atoms with van der Waals surface area (Å²) in [7, 11) is 3.25. The molecule has 2 atom stereocenters. The number of carbonyl (C=O) groups is 1. The van der Waals surface area contributed by atoms with Crippen LogP contribution in [0, 0.1) is 5.82 Å². The van der Waals surface area contributed by atoms with Gasteiger partial charge in [-0.15, -0.1) is 0 Å². The minimum absolute atomic E-state index is 0.155. The number of hydrogen-bond acceptors (Lipinski definition) is 3. The van der Waals surface area contributed by atoms with Gasteiger partial charge < -0.3 is 19.7 Å². The van der Waals surface area contributed by atoms with Crippen LogP contribution in [0.3, 0.4) is 0 Å². The van der Waals surface area contributed by atoms with Crippen molar-refractivity contribution >= 4 is 23.2 Å². The Morgan fingerprint density at radius 3 is 2.78 bits per heavy atom. The van der Waals surface area contributed by atoms with E-state index >= 15 is 0 Å². The third kappa shape index (κ3) is 4.51. The first-order valence-corrected chi connectivity index (χ1v) is 9.21. The maximum atomic E-state index is 13.2. The van der Waals surface area contributed by atoms with Crippen molar-refractivity contribution in [1.29, 1.82) is 0 Å². The smallest absolute Gasteiger partial charge is 0.279 e. The maximum absolute atomic E-state index is 13.2. The summed E-state index contributed by atoms with van der Waals surface area (Å²) in [6.07, 6.45) is 2.00. The fourth-order valence-electron chi connectivity index (χ4n) is 3.60. The largest absolute Gasteiger partial charge is 0.497 e. The Kier molecular flexibility index (Phi) is 6.19. The molecule has 2 aromatic carbocycles. The highest BCUT2D eigenvalue weighted by Gasteiger charge is 2.33. The monoisotopic (exact) mass is 393 g/mol. The number of quaternary nitrogens is 1. The number of halogens is 2. The van der Waals surface area contributed by atoms with Crippen LogP contribution < -0.4 is 19.7 Å². The molecule has 0 aliphatic carbocycles. The second-order valence-electron chi connectivity index (χ2n) is 6.56. The SMILES string of the molecule is COc1ccc([C@H]2CCC[NH+]2CC(=O)Nc2ccc(F)cc2Cl)c(OC)c1. The molecule has 7 heteroatoms. The van der Waals surface area contributed by atoms with Gasteiger partial charge in [0.1, 0.15) is 23.4 Å². The van der Waals surface area contributed by atoms with E-state index in [1.54, 1.807) is 14.2 Å². The van der Waals surface area contributed by atoms with Crippen LogP contribution in [0.15, 0.2) is 36.4 Å². The van der Waals surface area contributed by atoms with E-state index in [1.165, 1.54) is 18.2 Å². The van der Waals surface area contributed by atoms with Crippen molar-refractivity contribution in [3.05, 3.63) is 52.8 Å². The summed E-state index contributed by atoms with van der Waals surface area (Å²) in [5.41, 5.74) is 1.48. The van der Waals surface area contributed by atoms with E-state index < -0.39 is 5.82 Å². The minimum Gasteiger partial charge on any atom is -0.497 e. The Balaban J connectivity index is 1.72. The number of anilines is 1. The molecule has 1 amide bonds. The zero-order chi connectivity index (χ0) is 19.4. The molecule has 0 saturated carbocycles. The summed E-state index contributed by atoms with van der Waals surface area (Å²) in [5, 5.41) is 2.96. The predicted molar refractivity (Wildman–Crippen MR) is 102 cm³/mol. The Labute approximate surface area is 163 Å². The van der Waals surface area contributed by atoms with Gasteiger partial charge >= 0.3 is 0 Å². The molecule has 1 aliphatic rings. The van der Waals surface area contributed by atoms with E-state index in [4.69, 9.17) is 21.1 Å². The molecular weight excluding hydrogens is 371 g/mol. The Hall–Kier alpha value is -2.31. The zero-order valence-electron chi connectivity index (χ0n) is 15.4. The minimum atomic E-state index is -0.435. The van der Waals surface area contributed by atoms with Gasteiger partial charge in [0.05, 0.1) is 37.0 Å². The lowest BCUT2D eigenvalue weighted by Crippen LogP contribution is -3.11. The van der Waals surface area contributed by atoms with Gasteiger partial charge in [-0.3, -0.25) is 4.79 Å². The van der Waals surface area contributed by atoms with Crippen molar-refractivity contribution in [2.45, 2.75) is 18.9 Å². The molecule has 1 unspecified atom stereocenters. The highest BCUT2D eigenvalue weighted by atomic mass is 35.5. The first kappa shape index (κ1) is 19.5. The van der Waals surface area contributed by atoms with Gasteiger partial charge in [0.25, 0.3) is 5.91 Å². The average molecular weight is 394 g/mol. The number of benzene rings is 2. The number of ether oxygens (including phenoxy) is 2. The third-order valence-electron chi connectivity index (χ3n) is 4.89. The summed E-state index contributed by atoms with van der Waals surface area (Å²) in [4.78, 5) is 13.7. The Morgan fingerprint density at radius 2 is 2.07 bits per heavy atom. The molecule has 27 heavy (non-hydrogen) atoms. The van der Waals surface area contributed by atoms with Crippen LogP contribution in [-0.4, -0.2) is 33.2 Å². The Bertz CT molecular complexity index is 831. The molecule has 2 aromatic rings. The second kappa shape index (κ2) is 8.59. The molecule has 1 fully saturated rings. The standard InChI is InChI=1S/C20H22ClFN2O3/c1-26-14-6-7-15(19(11-14)27-2)18-4-3-9-24(18)12-20(25)23-17-8-5-13(22)10-16(17)21/h5-8,10-11,18H,3-4,9,12H2,1-2H3,(H,23,25)/p+1/t18-/m1/s1. The molecular formula is C20H23ClFN2O3+. The van der Waals surface area contributed by atoms with E-state index in [1.807, 2.05) is 18.2 Å². The number of hydrogen-bond donors (Lipinski definition) is 2. The van der Waals surface area contributed by atoms with Crippen LogP contribution >= 0.6 is 11.6 Å². The zero-order valence-corrected chi connectivity index (χ0v) is 16.1. The molecule has 0 bridgehead atoms. The summed E-state index contributed by atoms with van der Waals surface area (Å²) >= 11 is 5.99. The molecule has 1 saturated heterocycles. The van der Waals surface area contributed by atoms with E-state index in [-0.39, 0.29) is 17.0 Å². The number of carbonyl (C=O) groups excluding carboxylic acids is 1. The van der Waals surface area contributed by atoms with E-state index in [2.05, 4.69) is 5.32 Å². The molecule has 2 N–H and O–H groups in total. The average Bonchev–Trinajstić information content (AvgIpc) is 3.11. The maximum Gasteiger partial charge on any atom is 0.279 e. The third-order valence-corrected chi connectivity index (χ3v) is 5.21. The molecule has 144 valence electrons. The van der Waals surface area contributed by atoms with Gasteiger partial charge in [-0.1, -0.05) is 11.6 Å². The topological polar surface area (TPSA) is 52.0 Å². The number of nitrogens with one attached hydrogen (secondary N) is 2. The molecule has 0 aromatic heterocycles. The van der Waals surface area contributed by atoms with Crippen LogP contribution in [0.2, 0.25) is 5.02 Å². The van der Waals surface area contributed by atoms with E-state index in [0.717, 1.165) is 41.3 Å². The van der Waals surface area contributed by atoms with Gasteiger partial charge in [-0.05, 0) is 30.3 Å². The van der Waals surface area contributed by atoms with Crippen molar-refractivity contribution in [1.82, 2.24) is 0 Å². The van der Waals surface area contributed by atoms with Gasteiger partial charge in [0.15, 0.2) is 6.54 Å². The fraction of sp³-hybridized carbons (Fsp3) is 0.350. The van der Waals surface area contributed by atoms with Crippen LogP contribution in [0.25, 0.3) is 0 Å². The van der Waals surface area contributed by atoms with Crippen molar-refractivity contribution < 1.29 is 23.6 Å². The summed E-state index contributed by atoms with van der Waals surface area (Å²) in [6, 6.07) is 9.87. The first-order valence-electron chi connectivity index (χ1n) is 8.83. The van der Waals surface area contributed by atoms with Gasteiger partial charge in [0.2, 0.25) is 0 Å². The molecule has 3 rings (SSSR count). The quantitative estimate of drug-likeness (QED) is 0.793. The molecule has 0 spiro atoms. The highest BCUT2D eigenvalue weighted by Crippen LogP contribution is 2.31. The number of methoxy groups -OCH3 is 2. The van der Waals surface area contributed by atoms with Crippen LogP contribution in [0.4, 0.5) is 10.1 Å². The Morgan fingerprint density at radius 1 is 1.26 bits per heavy atom.